The van der Waals surface area contributed by atoms with Gasteiger partial charge in [-0.15, -0.1) is 0 Å². The van der Waals surface area contributed by atoms with Crippen molar-refractivity contribution in [3.63, 3.8) is 0 Å². The minimum absolute atomic E-state index is 0.115. The summed E-state index contributed by atoms with van der Waals surface area (Å²) >= 11 is 5.79. The zero-order valence-electron chi connectivity index (χ0n) is 11.2. The van der Waals surface area contributed by atoms with Crippen molar-refractivity contribution in [2.75, 3.05) is 12.5 Å². The Morgan fingerprint density at radius 1 is 1.33 bits per heavy atom. The average molecular weight is 305 g/mol. The van der Waals surface area contributed by atoms with E-state index in [1.54, 1.807) is 7.05 Å². The van der Waals surface area contributed by atoms with Gasteiger partial charge in [-0.3, -0.25) is 4.57 Å². The Balaban J connectivity index is 1.95. The van der Waals surface area contributed by atoms with Crippen molar-refractivity contribution in [3.8, 4) is 0 Å². The van der Waals surface area contributed by atoms with Crippen LogP contribution in [0, 0.1) is 0 Å². The number of rotatable bonds is 4. The summed E-state index contributed by atoms with van der Waals surface area (Å²) in [5, 5.41) is 0.115. The number of nitrogens with one attached hydrogen (secondary N) is 3. The van der Waals surface area contributed by atoms with Crippen LogP contribution in [-0.2, 0) is 6.54 Å². The number of halogens is 1. The molecule has 0 atom stereocenters. The Morgan fingerprint density at radius 3 is 2.81 bits per heavy atom. The van der Waals surface area contributed by atoms with Crippen molar-refractivity contribution < 1.29 is 0 Å². The van der Waals surface area contributed by atoms with Crippen LogP contribution < -0.4 is 16.5 Å². The highest BCUT2D eigenvalue weighted by Gasteiger charge is 2.09. The molecule has 3 N–H and O–H groups in total. The third kappa shape index (κ3) is 2.74. The van der Waals surface area contributed by atoms with Crippen LogP contribution in [0.4, 0.5) is 5.69 Å². The highest BCUT2D eigenvalue weighted by Crippen LogP contribution is 2.13. The van der Waals surface area contributed by atoms with Gasteiger partial charge in [-0.05, 0) is 29.3 Å². The summed E-state index contributed by atoms with van der Waals surface area (Å²) < 4.78 is 1.53. The summed E-state index contributed by atoms with van der Waals surface area (Å²) in [5.41, 5.74) is 8.58. The van der Waals surface area contributed by atoms with Crippen LogP contribution >= 0.6 is 11.6 Å². The van der Waals surface area contributed by atoms with Crippen LogP contribution in [0.25, 0.3) is 11.2 Å². The van der Waals surface area contributed by atoms with Crippen molar-refractivity contribution in [2.45, 2.75) is 6.54 Å². The van der Waals surface area contributed by atoms with Gasteiger partial charge in [0.25, 0.3) is 0 Å². The maximum atomic E-state index is 12.0. The number of aromatic amines is 1. The van der Waals surface area contributed by atoms with E-state index in [1.807, 2.05) is 24.3 Å². The number of hydrogen-bond donors (Lipinski definition) is 3. The molecule has 108 valence electrons. The van der Waals surface area contributed by atoms with E-state index in [0.717, 1.165) is 11.3 Å². The number of hydrogen-bond acceptors (Lipinski definition) is 5. The quantitative estimate of drug-likeness (QED) is 0.500. The van der Waals surface area contributed by atoms with Crippen LogP contribution in [0.2, 0.25) is 5.28 Å². The Kier molecular flexibility index (Phi) is 3.59. The molecule has 8 heteroatoms. The third-order valence-corrected chi connectivity index (χ3v) is 3.23. The van der Waals surface area contributed by atoms with Crippen LogP contribution in [0.15, 0.2) is 35.3 Å². The van der Waals surface area contributed by atoms with Gasteiger partial charge in [0.15, 0.2) is 5.65 Å². The molecule has 2 heterocycles. The van der Waals surface area contributed by atoms with Gasteiger partial charge >= 0.3 is 5.69 Å². The number of anilines is 1. The number of benzene rings is 1. The first kappa shape index (κ1) is 13.6. The lowest BCUT2D eigenvalue weighted by atomic mass is 10.2. The van der Waals surface area contributed by atoms with Crippen molar-refractivity contribution in [1.82, 2.24) is 24.9 Å². The van der Waals surface area contributed by atoms with Crippen LogP contribution in [0.3, 0.4) is 0 Å². The minimum atomic E-state index is -0.237. The fraction of sp³-hybridized carbons (Fsp3) is 0.154. The molecule has 0 radical (unpaired) electrons. The van der Waals surface area contributed by atoms with Gasteiger partial charge in [0, 0.05) is 12.7 Å². The molecule has 2 aromatic heterocycles. The predicted molar refractivity (Wildman–Crippen MR) is 81.4 cm³/mol. The molecule has 0 saturated carbocycles. The molecule has 3 rings (SSSR count). The lowest BCUT2D eigenvalue weighted by Crippen LogP contribution is -2.18. The number of H-pyrrole nitrogens is 1. The van der Waals surface area contributed by atoms with Gasteiger partial charge in [-0.25, -0.2) is 15.2 Å². The molecule has 0 amide bonds. The monoisotopic (exact) mass is 304 g/mol. The molecule has 0 saturated heterocycles. The molecule has 7 nitrogen and oxygen atoms in total. The summed E-state index contributed by atoms with van der Waals surface area (Å²) in [4.78, 5) is 22.7. The topological polar surface area (TPSA) is 87.6 Å². The first-order chi connectivity index (χ1) is 10.2. The predicted octanol–water partition coefficient (Wildman–Crippen LogP) is 1.37. The Morgan fingerprint density at radius 2 is 2.10 bits per heavy atom. The van der Waals surface area contributed by atoms with Crippen molar-refractivity contribution in [3.05, 3.63) is 51.8 Å². The second-order valence-corrected chi connectivity index (χ2v) is 4.80. The number of nitrogens with zero attached hydrogens (tertiary/aromatic N) is 3. The maximum absolute atomic E-state index is 12.0. The van der Waals surface area contributed by atoms with Crippen molar-refractivity contribution >= 4 is 28.5 Å². The van der Waals surface area contributed by atoms with E-state index in [0.29, 0.717) is 17.7 Å². The van der Waals surface area contributed by atoms with E-state index in [2.05, 4.69) is 25.8 Å². The SMILES string of the molecule is CNNc1ccc(Cn2c(=O)[nH]c3cnc(Cl)nc32)cc1. The van der Waals surface area contributed by atoms with Gasteiger partial charge in [0.05, 0.1) is 12.7 Å². The molecular formula is C13H13ClN6O. The number of aromatic nitrogens is 4. The zero-order valence-corrected chi connectivity index (χ0v) is 12.0. The molecule has 3 aromatic rings. The molecule has 0 unspecified atom stereocenters. The Hall–Kier alpha value is -2.38. The van der Waals surface area contributed by atoms with Crippen molar-refractivity contribution in [2.24, 2.45) is 0 Å². The summed E-state index contributed by atoms with van der Waals surface area (Å²) in [6.45, 7) is 0.409. The molecule has 0 spiro atoms. The zero-order chi connectivity index (χ0) is 14.8. The van der Waals surface area contributed by atoms with Crippen molar-refractivity contribution in [1.29, 1.82) is 0 Å². The van der Waals surface area contributed by atoms with Crippen LogP contribution in [0.1, 0.15) is 5.56 Å². The Bertz CT molecular complexity index is 823. The second-order valence-electron chi connectivity index (χ2n) is 4.46. The standard InChI is InChI=1S/C13H13ClN6O/c1-15-19-9-4-2-8(3-5-9)7-20-11-10(17-13(20)21)6-16-12(14)18-11/h2-6,15,19H,7H2,1H3,(H,17,21). The Labute approximate surface area is 125 Å². The summed E-state index contributed by atoms with van der Waals surface area (Å²) in [6.07, 6.45) is 1.50. The number of imidazole rings is 1. The summed E-state index contributed by atoms with van der Waals surface area (Å²) in [6, 6.07) is 7.73. The number of hydrazine groups is 1. The fourth-order valence-corrected chi connectivity index (χ4v) is 2.22. The lowest BCUT2D eigenvalue weighted by molar-refractivity contribution is 0.777. The van der Waals surface area contributed by atoms with Gasteiger partial charge in [0.2, 0.25) is 5.28 Å². The minimum Gasteiger partial charge on any atom is -0.322 e. The number of fused-ring (bicyclic) bond motifs is 1. The largest absolute Gasteiger partial charge is 0.328 e. The van der Waals surface area contributed by atoms with Gasteiger partial charge in [0.1, 0.15) is 5.52 Å². The van der Waals surface area contributed by atoms with Crippen LogP contribution in [-0.4, -0.2) is 26.6 Å². The van der Waals surface area contributed by atoms with E-state index in [-0.39, 0.29) is 11.0 Å². The van der Waals surface area contributed by atoms with E-state index in [1.165, 1.54) is 10.8 Å². The van der Waals surface area contributed by atoms with Gasteiger partial charge < -0.3 is 10.4 Å². The first-order valence-electron chi connectivity index (χ1n) is 6.30. The van der Waals surface area contributed by atoms with E-state index in [9.17, 15) is 4.79 Å². The molecule has 0 aliphatic rings. The maximum Gasteiger partial charge on any atom is 0.328 e. The van der Waals surface area contributed by atoms with Crippen LogP contribution in [0.5, 0.6) is 0 Å². The first-order valence-corrected chi connectivity index (χ1v) is 6.68. The summed E-state index contributed by atoms with van der Waals surface area (Å²) in [5.74, 6) is 0. The van der Waals surface area contributed by atoms with E-state index in [4.69, 9.17) is 11.6 Å². The highest BCUT2D eigenvalue weighted by molar-refractivity contribution is 6.28. The molecule has 21 heavy (non-hydrogen) atoms. The van der Waals surface area contributed by atoms with E-state index < -0.39 is 0 Å². The molecule has 0 fully saturated rings. The molecule has 0 bridgehead atoms. The summed E-state index contributed by atoms with van der Waals surface area (Å²) in [7, 11) is 1.79. The second kappa shape index (κ2) is 5.55. The normalized spacial score (nSPS) is 11.0. The lowest BCUT2D eigenvalue weighted by Gasteiger charge is -2.06. The molecule has 1 aromatic carbocycles. The fourth-order valence-electron chi connectivity index (χ4n) is 2.09. The molecule has 0 aliphatic heterocycles. The van der Waals surface area contributed by atoms with Gasteiger partial charge in [-0.1, -0.05) is 12.1 Å². The smallest absolute Gasteiger partial charge is 0.322 e. The van der Waals surface area contributed by atoms with E-state index >= 15 is 0 Å². The molecular weight excluding hydrogens is 292 g/mol. The van der Waals surface area contributed by atoms with Gasteiger partial charge in [-0.2, -0.15) is 4.98 Å². The average Bonchev–Trinajstić information content (AvgIpc) is 2.77. The third-order valence-electron chi connectivity index (χ3n) is 3.05. The molecule has 0 aliphatic carbocycles. The highest BCUT2D eigenvalue weighted by atomic mass is 35.5.